The third-order valence-corrected chi connectivity index (χ3v) is 3.91. The summed E-state index contributed by atoms with van der Waals surface area (Å²) >= 11 is 0. The van der Waals surface area contributed by atoms with Gasteiger partial charge in [0.05, 0.1) is 5.69 Å². The third-order valence-electron chi connectivity index (χ3n) is 3.91. The van der Waals surface area contributed by atoms with Crippen LogP contribution in [0.25, 0.3) is 0 Å². The highest BCUT2D eigenvalue weighted by atomic mass is 19.1. The topological polar surface area (TPSA) is 26.7 Å². The van der Waals surface area contributed by atoms with E-state index in [0.29, 0.717) is 5.75 Å². The maximum Gasteiger partial charge on any atom is 0.138 e. The predicted octanol–water partition coefficient (Wildman–Crippen LogP) is 2.85. The lowest BCUT2D eigenvalue weighted by molar-refractivity contribution is 0.249. The number of para-hydroxylation sites is 2. The minimum absolute atomic E-state index is 0.192. The quantitative estimate of drug-likeness (QED) is 0.940. The van der Waals surface area contributed by atoms with Crippen LogP contribution >= 0.6 is 0 Å². The molecule has 0 radical (unpaired) electrons. The molecule has 0 saturated carbocycles. The van der Waals surface area contributed by atoms with Crippen LogP contribution in [0.2, 0.25) is 0 Å². The zero-order valence-electron chi connectivity index (χ0n) is 11.9. The van der Waals surface area contributed by atoms with Crippen molar-refractivity contribution in [3.63, 3.8) is 0 Å². The van der Waals surface area contributed by atoms with E-state index in [1.165, 1.54) is 12.1 Å². The fraction of sp³-hybridized carbons (Fsp3) is 0.294. The zero-order chi connectivity index (χ0) is 14.7. The Morgan fingerprint density at radius 1 is 0.905 bits per heavy atom. The molecule has 2 aromatic carbocycles. The average molecular weight is 286 g/mol. The van der Waals surface area contributed by atoms with Crippen molar-refractivity contribution < 1.29 is 9.50 Å². The highest BCUT2D eigenvalue weighted by molar-refractivity contribution is 5.57. The van der Waals surface area contributed by atoms with Gasteiger partial charge < -0.3 is 10.0 Å². The first-order valence-corrected chi connectivity index (χ1v) is 7.22. The van der Waals surface area contributed by atoms with E-state index in [0.717, 1.165) is 44.0 Å². The first-order valence-electron chi connectivity index (χ1n) is 7.22. The van der Waals surface area contributed by atoms with Gasteiger partial charge in [-0.1, -0.05) is 24.3 Å². The number of hydrogen-bond acceptors (Lipinski definition) is 3. The van der Waals surface area contributed by atoms with Crippen molar-refractivity contribution >= 4 is 5.69 Å². The third kappa shape index (κ3) is 3.34. The normalized spacial score (nSPS) is 16.1. The maximum atomic E-state index is 12.9. The smallest absolute Gasteiger partial charge is 0.138 e. The van der Waals surface area contributed by atoms with Crippen molar-refractivity contribution in [2.75, 3.05) is 31.1 Å². The molecule has 4 heteroatoms. The second kappa shape index (κ2) is 6.14. The Morgan fingerprint density at radius 3 is 2.24 bits per heavy atom. The molecule has 1 N–H and O–H groups in total. The summed E-state index contributed by atoms with van der Waals surface area (Å²) < 4.78 is 12.9. The Bertz CT molecular complexity index is 592. The van der Waals surface area contributed by atoms with Gasteiger partial charge in [-0.2, -0.15) is 0 Å². The largest absolute Gasteiger partial charge is 0.506 e. The van der Waals surface area contributed by atoms with Gasteiger partial charge in [-0.05, 0) is 29.8 Å². The molecule has 1 aliphatic heterocycles. The first-order chi connectivity index (χ1) is 10.2. The van der Waals surface area contributed by atoms with Crippen LogP contribution in [0.15, 0.2) is 48.5 Å². The van der Waals surface area contributed by atoms with Gasteiger partial charge in [-0.3, -0.25) is 4.90 Å². The van der Waals surface area contributed by atoms with Crippen molar-refractivity contribution in [2.24, 2.45) is 0 Å². The molecular weight excluding hydrogens is 267 g/mol. The number of anilines is 1. The Balaban J connectivity index is 1.58. The van der Waals surface area contributed by atoms with E-state index in [2.05, 4.69) is 9.80 Å². The van der Waals surface area contributed by atoms with Crippen LogP contribution in [-0.2, 0) is 6.54 Å². The first kappa shape index (κ1) is 13.9. The van der Waals surface area contributed by atoms with Gasteiger partial charge in [0.2, 0.25) is 0 Å². The second-order valence-electron chi connectivity index (χ2n) is 5.38. The number of nitrogens with zero attached hydrogens (tertiary/aromatic N) is 2. The van der Waals surface area contributed by atoms with Crippen LogP contribution in [0.4, 0.5) is 10.1 Å². The number of rotatable bonds is 3. The molecule has 0 spiro atoms. The molecular formula is C17H19FN2O. The molecule has 1 heterocycles. The van der Waals surface area contributed by atoms with Gasteiger partial charge in [0, 0.05) is 32.7 Å². The Kier molecular flexibility index (Phi) is 4.06. The standard InChI is InChI=1S/C17H19FN2O/c18-15-7-5-14(6-8-15)13-19-9-11-20(12-10-19)16-3-1-2-4-17(16)21/h1-8,21H,9-13H2. The number of aromatic hydroxyl groups is 1. The van der Waals surface area contributed by atoms with Crippen molar-refractivity contribution in [1.82, 2.24) is 4.90 Å². The summed E-state index contributed by atoms with van der Waals surface area (Å²) in [5.74, 6) is 0.146. The Labute approximate surface area is 124 Å². The average Bonchev–Trinajstić information content (AvgIpc) is 2.51. The van der Waals surface area contributed by atoms with Crippen LogP contribution in [0, 0.1) is 5.82 Å². The van der Waals surface area contributed by atoms with E-state index in [4.69, 9.17) is 0 Å². The lowest BCUT2D eigenvalue weighted by Gasteiger charge is -2.36. The SMILES string of the molecule is Oc1ccccc1N1CCN(Cc2ccc(F)cc2)CC1. The highest BCUT2D eigenvalue weighted by Gasteiger charge is 2.18. The van der Waals surface area contributed by atoms with Crippen molar-refractivity contribution in [3.8, 4) is 5.75 Å². The van der Waals surface area contributed by atoms with Crippen molar-refractivity contribution in [2.45, 2.75) is 6.54 Å². The van der Waals surface area contributed by atoms with E-state index in [-0.39, 0.29) is 5.82 Å². The molecule has 0 aliphatic carbocycles. The van der Waals surface area contributed by atoms with Crippen LogP contribution < -0.4 is 4.90 Å². The fourth-order valence-electron chi connectivity index (χ4n) is 2.73. The van der Waals surface area contributed by atoms with E-state index in [9.17, 15) is 9.50 Å². The molecule has 1 fully saturated rings. The minimum Gasteiger partial charge on any atom is -0.506 e. The Hall–Kier alpha value is -2.07. The van der Waals surface area contributed by atoms with Gasteiger partial charge in [-0.25, -0.2) is 4.39 Å². The molecule has 0 atom stereocenters. The molecule has 3 rings (SSSR count). The molecule has 2 aromatic rings. The number of benzene rings is 2. The number of phenols is 1. The van der Waals surface area contributed by atoms with Gasteiger partial charge >= 0.3 is 0 Å². The minimum atomic E-state index is -0.192. The molecule has 21 heavy (non-hydrogen) atoms. The summed E-state index contributed by atoms with van der Waals surface area (Å²) in [6.45, 7) is 4.49. The summed E-state index contributed by atoms with van der Waals surface area (Å²) in [5, 5.41) is 9.90. The Morgan fingerprint density at radius 2 is 1.57 bits per heavy atom. The lowest BCUT2D eigenvalue weighted by Crippen LogP contribution is -2.45. The lowest BCUT2D eigenvalue weighted by atomic mass is 10.2. The van der Waals surface area contributed by atoms with Crippen LogP contribution in [-0.4, -0.2) is 36.2 Å². The van der Waals surface area contributed by atoms with Crippen LogP contribution in [0.5, 0.6) is 5.75 Å². The van der Waals surface area contributed by atoms with Gasteiger partial charge in [0.1, 0.15) is 11.6 Å². The van der Waals surface area contributed by atoms with Gasteiger partial charge in [0.25, 0.3) is 0 Å². The summed E-state index contributed by atoms with van der Waals surface area (Å²) in [7, 11) is 0. The predicted molar refractivity (Wildman–Crippen MR) is 82.0 cm³/mol. The molecule has 110 valence electrons. The van der Waals surface area contributed by atoms with Crippen molar-refractivity contribution in [3.05, 3.63) is 59.9 Å². The molecule has 3 nitrogen and oxygen atoms in total. The molecule has 0 aromatic heterocycles. The maximum absolute atomic E-state index is 12.9. The van der Waals surface area contributed by atoms with Crippen LogP contribution in [0.1, 0.15) is 5.56 Å². The summed E-state index contributed by atoms with van der Waals surface area (Å²) in [5.41, 5.74) is 2.03. The summed E-state index contributed by atoms with van der Waals surface area (Å²) in [6, 6.07) is 14.1. The summed E-state index contributed by atoms with van der Waals surface area (Å²) in [6.07, 6.45) is 0. The number of piperazine rings is 1. The second-order valence-corrected chi connectivity index (χ2v) is 5.38. The highest BCUT2D eigenvalue weighted by Crippen LogP contribution is 2.27. The number of phenolic OH excluding ortho intramolecular Hbond substituents is 1. The van der Waals surface area contributed by atoms with Crippen molar-refractivity contribution in [1.29, 1.82) is 0 Å². The van der Waals surface area contributed by atoms with Gasteiger partial charge in [0.15, 0.2) is 0 Å². The van der Waals surface area contributed by atoms with E-state index in [1.807, 2.05) is 30.3 Å². The fourth-order valence-corrected chi connectivity index (χ4v) is 2.73. The zero-order valence-corrected chi connectivity index (χ0v) is 11.9. The van der Waals surface area contributed by atoms with E-state index >= 15 is 0 Å². The summed E-state index contributed by atoms with van der Waals surface area (Å²) in [4.78, 5) is 4.56. The molecule has 1 saturated heterocycles. The van der Waals surface area contributed by atoms with E-state index in [1.54, 1.807) is 6.07 Å². The molecule has 0 amide bonds. The number of hydrogen-bond donors (Lipinski definition) is 1. The molecule has 1 aliphatic rings. The number of halogens is 1. The monoisotopic (exact) mass is 286 g/mol. The molecule has 0 bridgehead atoms. The van der Waals surface area contributed by atoms with Crippen LogP contribution in [0.3, 0.4) is 0 Å². The van der Waals surface area contributed by atoms with E-state index < -0.39 is 0 Å². The molecule has 0 unspecified atom stereocenters. The van der Waals surface area contributed by atoms with Gasteiger partial charge in [-0.15, -0.1) is 0 Å².